The molecule has 0 fully saturated rings. The average molecular weight is 245 g/mol. The fraction of sp³-hybridized carbons (Fsp3) is 0.222. The first kappa shape index (κ1) is 9.57. The monoisotopic (exact) mass is 243 g/mol. The van der Waals surface area contributed by atoms with E-state index in [9.17, 15) is 0 Å². The highest BCUT2D eigenvalue weighted by Crippen LogP contribution is 2.25. The van der Waals surface area contributed by atoms with Crippen molar-refractivity contribution in [1.82, 2.24) is 0 Å². The van der Waals surface area contributed by atoms with Gasteiger partial charge in [-0.1, -0.05) is 27.5 Å². The summed E-state index contributed by atoms with van der Waals surface area (Å²) in [5.41, 5.74) is 1.97. The van der Waals surface area contributed by atoms with Crippen LogP contribution in [0.3, 0.4) is 0 Å². The Morgan fingerprint density at radius 3 is 2.75 bits per heavy atom. The lowest BCUT2D eigenvalue weighted by Crippen LogP contribution is -1.88. The van der Waals surface area contributed by atoms with Gasteiger partial charge in [0.05, 0.1) is 12.5 Å². The molecule has 0 heterocycles. The summed E-state index contributed by atoms with van der Waals surface area (Å²) in [7, 11) is 0. The van der Waals surface area contributed by atoms with Crippen LogP contribution < -0.4 is 0 Å². The van der Waals surface area contributed by atoms with Crippen molar-refractivity contribution in [1.29, 1.82) is 5.26 Å². The van der Waals surface area contributed by atoms with E-state index in [1.54, 1.807) is 6.07 Å². The summed E-state index contributed by atoms with van der Waals surface area (Å²) < 4.78 is 0.951. The summed E-state index contributed by atoms with van der Waals surface area (Å²) in [5.74, 6) is 0. The van der Waals surface area contributed by atoms with Crippen LogP contribution in [0.5, 0.6) is 0 Å². The number of benzene rings is 1. The zero-order valence-corrected chi connectivity index (χ0v) is 8.91. The molecule has 0 aliphatic carbocycles. The van der Waals surface area contributed by atoms with Gasteiger partial charge in [0.25, 0.3) is 0 Å². The average Bonchev–Trinajstić information content (AvgIpc) is 1.96. The third-order valence-corrected chi connectivity index (χ3v) is 2.43. The van der Waals surface area contributed by atoms with Crippen molar-refractivity contribution in [2.75, 3.05) is 0 Å². The molecule has 0 N–H and O–H groups in total. The van der Waals surface area contributed by atoms with Crippen LogP contribution in [0.15, 0.2) is 16.6 Å². The SMILES string of the molecule is Cc1cc(Br)cc(Cl)c1CC#N. The molecule has 0 bridgehead atoms. The Labute approximate surface area is 85.1 Å². The van der Waals surface area contributed by atoms with Crippen molar-refractivity contribution in [3.8, 4) is 6.07 Å². The Bertz CT molecular complexity index is 318. The number of hydrogen-bond acceptors (Lipinski definition) is 1. The van der Waals surface area contributed by atoms with E-state index in [-0.39, 0.29) is 0 Å². The van der Waals surface area contributed by atoms with E-state index < -0.39 is 0 Å². The van der Waals surface area contributed by atoms with Gasteiger partial charge < -0.3 is 0 Å². The normalized spacial score (nSPS) is 9.50. The topological polar surface area (TPSA) is 23.8 Å². The van der Waals surface area contributed by atoms with Crippen molar-refractivity contribution in [2.45, 2.75) is 13.3 Å². The Morgan fingerprint density at radius 2 is 2.25 bits per heavy atom. The molecule has 3 heteroatoms. The number of rotatable bonds is 1. The number of hydrogen-bond donors (Lipinski definition) is 0. The van der Waals surface area contributed by atoms with Gasteiger partial charge in [-0.05, 0) is 30.2 Å². The quantitative estimate of drug-likeness (QED) is 0.742. The Balaban J connectivity index is 3.21. The molecule has 0 aliphatic heterocycles. The smallest absolute Gasteiger partial charge is 0.0670 e. The zero-order valence-electron chi connectivity index (χ0n) is 6.56. The molecule has 0 amide bonds. The van der Waals surface area contributed by atoms with Gasteiger partial charge in [-0.25, -0.2) is 0 Å². The highest BCUT2D eigenvalue weighted by Gasteiger charge is 2.04. The Kier molecular flexibility index (Phi) is 3.13. The second-order valence-corrected chi connectivity index (χ2v) is 3.84. The van der Waals surface area contributed by atoms with E-state index in [1.807, 2.05) is 13.0 Å². The van der Waals surface area contributed by atoms with Gasteiger partial charge in [0, 0.05) is 9.50 Å². The predicted octanol–water partition coefficient (Wildman–Crippen LogP) is 3.48. The summed E-state index contributed by atoms with van der Waals surface area (Å²) in [6, 6.07) is 5.85. The third-order valence-electron chi connectivity index (χ3n) is 1.64. The predicted molar refractivity (Wildman–Crippen MR) is 53.2 cm³/mol. The molecule has 0 aliphatic rings. The van der Waals surface area contributed by atoms with Crippen LogP contribution in [0.1, 0.15) is 11.1 Å². The van der Waals surface area contributed by atoms with Crippen molar-refractivity contribution < 1.29 is 0 Å². The van der Waals surface area contributed by atoms with Crippen molar-refractivity contribution >= 4 is 27.5 Å². The molecular formula is C9H7BrClN. The zero-order chi connectivity index (χ0) is 9.14. The highest BCUT2D eigenvalue weighted by molar-refractivity contribution is 9.10. The summed E-state index contributed by atoms with van der Waals surface area (Å²) >= 11 is 9.26. The van der Waals surface area contributed by atoms with E-state index in [0.29, 0.717) is 11.4 Å². The van der Waals surface area contributed by atoms with E-state index in [4.69, 9.17) is 16.9 Å². The number of nitriles is 1. The number of aryl methyl sites for hydroxylation is 1. The second kappa shape index (κ2) is 3.93. The molecule has 0 aromatic heterocycles. The summed E-state index contributed by atoms with van der Waals surface area (Å²) in [6.07, 6.45) is 0.373. The van der Waals surface area contributed by atoms with E-state index >= 15 is 0 Å². The Morgan fingerprint density at radius 1 is 1.58 bits per heavy atom. The van der Waals surface area contributed by atoms with Crippen molar-refractivity contribution in [3.63, 3.8) is 0 Å². The minimum absolute atomic E-state index is 0.373. The van der Waals surface area contributed by atoms with Crippen molar-refractivity contribution in [2.24, 2.45) is 0 Å². The molecule has 0 spiro atoms. The van der Waals surface area contributed by atoms with Crippen LogP contribution in [-0.4, -0.2) is 0 Å². The van der Waals surface area contributed by atoms with E-state index in [0.717, 1.165) is 15.6 Å². The molecule has 0 unspecified atom stereocenters. The minimum Gasteiger partial charge on any atom is -0.198 e. The molecule has 0 radical (unpaired) electrons. The molecule has 0 saturated heterocycles. The standard InChI is InChI=1S/C9H7BrClN/c1-6-4-7(10)5-9(11)8(6)2-3-12/h4-5H,2H2,1H3. The summed E-state index contributed by atoms with van der Waals surface area (Å²) in [6.45, 7) is 1.95. The molecule has 0 saturated carbocycles. The maximum Gasteiger partial charge on any atom is 0.0670 e. The van der Waals surface area contributed by atoms with Gasteiger partial charge in [-0.15, -0.1) is 0 Å². The van der Waals surface area contributed by atoms with E-state index in [1.165, 1.54) is 0 Å². The van der Waals surface area contributed by atoms with Gasteiger partial charge in [0.1, 0.15) is 0 Å². The van der Waals surface area contributed by atoms with E-state index in [2.05, 4.69) is 22.0 Å². The van der Waals surface area contributed by atoms with Crippen LogP contribution in [-0.2, 0) is 6.42 Å². The maximum absolute atomic E-state index is 8.52. The largest absolute Gasteiger partial charge is 0.198 e. The molecule has 1 nitrogen and oxygen atoms in total. The lowest BCUT2D eigenvalue weighted by molar-refractivity contribution is 1.21. The first-order valence-electron chi connectivity index (χ1n) is 3.46. The van der Waals surface area contributed by atoms with Gasteiger partial charge in [-0.3, -0.25) is 0 Å². The summed E-state index contributed by atoms with van der Waals surface area (Å²) in [5, 5.41) is 9.17. The van der Waals surface area contributed by atoms with Crippen LogP contribution in [0, 0.1) is 18.3 Å². The highest BCUT2D eigenvalue weighted by atomic mass is 79.9. The lowest BCUT2D eigenvalue weighted by atomic mass is 10.1. The molecule has 12 heavy (non-hydrogen) atoms. The van der Waals surface area contributed by atoms with Crippen LogP contribution in [0.2, 0.25) is 5.02 Å². The lowest BCUT2D eigenvalue weighted by Gasteiger charge is -2.04. The first-order valence-corrected chi connectivity index (χ1v) is 4.63. The summed E-state index contributed by atoms with van der Waals surface area (Å²) in [4.78, 5) is 0. The minimum atomic E-state index is 0.373. The Hall–Kier alpha value is -0.520. The maximum atomic E-state index is 8.52. The van der Waals surface area contributed by atoms with Gasteiger partial charge in [0.15, 0.2) is 0 Å². The molecule has 1 rings (SSSR count). The van der Waals surface area contributed by atoms with Crippen molar-refractivity contribution in [3.05, 3.63) is 32.8 Å². The van der Waals surface area contributed by atoms with Crippen LogP contribution >= 0.6 is 27.5 Å². The molecule has 0 atom stereocenters. The molecular weight excluding hydrogens is 237 g/mol. The fourth-order valence-corrected chi connectivity index (χ4v) is 2.07. The number of nitrogens with zero attached hydrogens (tertiary/aromatic N) is 1. The molecule has 1 aromatic carbocycles. The van der Waals surface area contributed by atoms with Crippen LogP contribution in [0.4, 0.5) is 0 Å². The molecule has 62 valence electrons. The van der Waals surface area contributed by atoms with Gasteiger partial charge >= 0.3 is 0 Å². The first-order chi connectivity index (χ1) is 5.65. The van der Waals surface area contributed by atoms with Crippen LogP contribution in [0.25, 0.3) is 0 Å². The van der Waals surface area contributed by atoms with Gasteiger partial charge in [0.2, 0.25) is 0 Å². The third kappa shape index (κ3) is 2.00. The molecule has 1 aromatic rings. The second-order valence-electron chi connectivity index (χ2n) is 2.52. The van der Waals surface area contributed by atoms with Gasteiger partial charge in [-0.2, -0.15) is 5.26 Å². The number of halogens is 2. The fourth-order valence-electron chi connectivity index (χ4n) is 1.04.